The standard InChI is InChI=1S/C15H11Cl2F3N2O2/c1-22(7-8-2-3-9(16)6-11(8)17)14(24)10-4-5-12(15(18,19)20)21-13(10)23/h2-6H,7H2,1H3,(H,21,23). The third-order valence-corrected chi connectivity index (χ3v) is 3.80. The van der Waals surface area contributed by atoms with Crippen LogP contribution in [0.4, 0.5) is 13.2 Å². The van der Waals surface area contributed by atoms with E-state index < -0.39 is 28.9 Å². The van der Waals surface area contributed by atoms with E-state index in [-0.39, 0.29) is 6.54 Å². The number of nitrogens with one attached hydrogen (secondary N) is 1. The van der Waals surface area contributed by atoms with Gasteiger partial charge in [0.05, 0.1) is 0 Å². The second-order valence-electron chi connectivity index (χ2n) is 5.01. The van der Waals surface area contributed by atoms with Gasteiger partial charge in [-0.1, -0.05) is 29.3 Å². The van der Waals surface area contributed by atoms with Crippen LogP contribution >= 0.6 is 23.2 Å². The van der Waals surface area contributed by atoms with Gasteiger partial charge >= 0.3 is 6.18 Å². The topological polar surface area (TPSA) is 53.2 Å². The van der Waals surface area contributed by atoms with Crippen molar-refractivity contribution in [3.8, 4) is 0 Å². The summed E-state index contributed by atoms with van der Waals surface area (Å²) >= 11 is 11.8. The lowest BCUT2D eigenvalue weighted by Crippen LogP contribution is -2.32. The van der Waals surface area contributed by atoms with Crippen molar-refractivity contribution in [3.05, 3.63) is 67.6 Å². The quantitative estimate of drug-likeness (QED) is 0.878. The number of halogens is 5. The van der Waals surface area contributed by atoms with E-state index in [0.717, 1.165) is 6.07 Å². The maximum atomic E-state index is 12.5. The van der Waals surface area contributed by atoms with Gasteiger partial charge in [0, 0.05) is 23.6 Å². The smallest absolute Gasteiger partial charge is 0.337 e. The van der Waals surface area contributed by atoms with Gasteiger partial charge in [0.25, 0.3) is 11.5 Å². The zero-order valence-corrected chi connectivity index (χ0v) is 13.8. The minimum atomic E-state index is -4.69. The minimum absolute atomic E-state index is 0.0648. The molecule has 0 aliphatic rings. The molecule has 0 aliphatic carbocycles. The van der Waals surface area contributed by atoms with Gasteiger partial charge in [-0.15, -0.1) is 0 Å². The fraction of sp³-hybridized carbons (Fsp3) is 0.200. The molecule has 0 bridgehead atoms. The largest absolute Gasteiger partial charge is 0.431 e. The number of hydrogen-bond acceptors (Lipinski definition) is 2. The highest BCUT2D eigenvalue weighted by Crippen LogP contribution is 2.26. The lowest BCUT2D eigenvalue weighted by atomic mass is 10.2. The highest BCUT2D eigenvalue weighted by atomic mass is 35.5. The molecule has 1 heterocycles. The van der Waals surface area contributed by atoms with E-state index in [0.29, 0.717) is 21.7 Å². The molecule has 9 heteroatoms. The first-order chi connectivity index (χ1) is 11.1. The number of nitrogens with zero attached hydrogens (tertiary/aromatic N) is 1. The van der Waals surface area contributed by atoms with E-state index in [9.17, 15) is 22.8 Å². The summed E-state index contributed by atoms with van der Waals surface area (Å²) in [6.45, 7) is 0.0648. The number of carbonyl (C=O) groups excluding carboxylic acids is 1. The molecule has 24 heavy (non-hydrogen) atoms. The molecule has 128 valence electrons. The Morgan fingerprint density at radius 2 is 1.88 bits per heavy atom. The first kappa shape index (κ1) is 18.4. The molecule has 0 atom stereocenters. The third-order valence-electron chi connectivity index (χ3n) is 3.21. The van der Waals surface area contributed by atoms with Crippen molar-refractivity contribution in [2.75, 3.05) is 7.05 Å². The number of hydrogen-bond donors (Lipinski definition) is 1. The van der Waals surface area contributed by atoms with Gasteiger partial charge in [-0.25, -0.2) is 0 Å². The van der Waals surface area contributed by atoms with E-state index in [1.165, 1.54) is 18.0 Å². The predicted molar refractivity (Wildman–Crippen MR) is 84.3 cm³/mol. The molecule has 1 amide bonds. The number of amides is 1. The summed E-state index contributed by atoms with van der Waals surface area (Å²) in [6, 6.07) is 6.21. The van der Waals surface area contributed by atoms with Crippen LogP contribution in [0.15, 0.2) is 35.1 Å². The Hall–Kier alpha value is -1.99. The summed E-state index contributed by atoms with van der Waals surface area (Å²) in [6.07, 6.45) is -4.69. The highest BCUT2D eigenvalue weighted by Gasteiger charge is 2.32. The second-order valence-corrected chi connectivity index (χ2v) is 5.85. The molecule has 0 aliphatic heterocycles. The molecule has 1 N–H and O–H groups in total. The van der Waals surface area contributed by atoms with Crippen LogP contribution in [0.3, 0.4) is 0 Å². The summed E-state index contributed by atoms with van der Waals surface area (Å²) in [7, 11) is 1.41. The Morgan fingerprint density at radius 3 is 2.42 bits per heavy atom. The van der Waals surface area contributed by atoms with Crippen LogP contribution < -0.4 is 5.56 Å². The van der Waals surface area contributed by atoms with E-state index in [1.807, 2.05) is 0 Å². The van der Waals surface area contributed by atoms with Crippen LogP contribution in [0.2, 0.25) is 10.0 Å². The molecule has 0 saturated heterocycles. The Bertz CT molecular complexity index is 834. The number of alkyl halides is 3. The van der Waals surface area contributed by atoms with Crippen LogP contribution in [0, 0.1) is 0 Å². The number of aromatic nitrogens is 1. The molecule has 1 aromatic carbocycles. The molecule has 0 saturated carbocycles. The zero-order valence-electron chi connectivity index (χ0n) is 12.2. The Labute approximate surface area is 144 Å². The molecule has 1 aromatic heterocycles. The lowest BCUT2D eigenvalue weighted by Gasteiger charge is -2.18. The van der Waals surface area contributed by atoms with E-state index >= 15 is 0 Å². The van der Waals surface area contributed by atoms with Crippen LogP contribution in [0.1, 0.15) is 21.6 Å². The maximum absolute atomic E-state index is 12.5. The maximum Gasteiger partial charge on any atom is 0.431 e. The van der Waals surface area contributed by atoms with Gasteiger partial charge in [-0.05, 0) is 29.8 Å². The van der Waals surface area contributed by atoms with Gasteiger partial charge in [-0.2, -0.15) is 13.2 Å². The zero-order chi connectivity index (χ0) is 18.1. The van der Waals surface area contributed by atoms with Crippen LogP contribution in [-0.2, 0) is 12.7 Å². The molecule has 2 aromatic rings. The highest BCUT2D eigenvalue weighted by molar-refractivity contribution is 6.35. The Balaban J connectivity index is 2.23. The number of pyridine rings is 1. The van der Waals surface area contributed by atoms with Gasteiger partial charge < -0.3 is 9.88 Å². The van der Waals surface area contributed by atoms with Crippen LogP contribution in [-0.4, -0.2) is 22.8 Å². The molecule has 0 spiro atoms. The van der Waals surface area contributed by atoms with E-state index in [1.54, 1.807) is 17.1 Å². The van der Waals surface area contributed by atoms with Crippen molar-refractivity contribution >= 4 is 29.1 Å². The summed E-state index contributed by atoms with van der Waals surface area (Å²) in [5.41, 5.74) is -2.13. The third kappa shape index (κ3) is 4.10. The van der Waals surface area contributed by atoms with Crippen molar-refractivity contribution in [3.63, 3.8) is 0 Å². The molecule has 2 rings (SSSR count). The molecule has 0 fully saturated rings. The lowest BCUT2D eigenvalue weighted by molar-refractivity contribution is -0.141. The number of benzene rings is 1. The summed E-state index contributed by atoms with van der Waals surface area (Å²) < 4.78 is 37.6. The number of carbonyl (C=O) groups is 1. The molecular formula is C15H11Cl2F3N2O2. The Morgan fingerprint density at radius 1 is 1.21 bits per heavy atom. The van der Waals surface area contributed by atoms with Gasteiger partial charge in [0.1, 0.15) is 11.3 Å². The Kier molecular flexibility index (Phi) is 5.25. The average molecular weight is 379 g/mol. The number of aromatic amines is 1. The first-order valence-corrected chi connectivity index (χ1v) is 7.35. The number of rotatable bonds is 3. The summed E-state index contributed by atoms with van der Waals surface area (Å²) in [5.74, 6) is -0.726. The van der Waals surface area contributed by atoms with Gasteiger partial charge in [-0.3, -0.25) is 9.59 Å². The van der Waals surface area contributed by atoms with Crippen molar-refractivity contribution < 1.29 is 18.0 Å². The summed E-state index contributed by atoms with van der Waals surface area (Å²) in [4.78, 5) is 26.9. The fourth-order valence-corrected chi connectivity index (χ4v) is 2.46. The summed E-state index contributed by atoms with van der Waals surface area (Å²) in [5, 5.41) is 0.764. The molecule has 4 nitrogen and oxygen atoms in total. The predicted octanol–water partition coefficient (Wildman–Crippen LogP) is 3.97. The van der Waals surface area contributed by atoms with Gasteiger partial charge in [0.15, 0.2) is 0 Å². The normalized spacial score (nSPS) is 11.4. The SMILES string of the molecule is CN(Cc1ccc(Cl)cc1Cl)C(=O)c1ccc(C(F)(F)F)[nH]c1=O. The fourth-order valence-electron chi connectivity index (χ4n) is 1.99. The van der Waals surface area contributed by atoms with E-state index in [2.05, 4.69) is 0 Å². The number of H-pyrrole nitrogens is 1. The van der Waals surface area contributed by atoms with Crippen molar-refractivity contribution in [1.82, 2.24) is 9.88 Å². The van der Waals surface area contributed by atoms with E-state index in [4.69, 9.17) is 23.2 Å². The second kappa shape index (κ2) is 6.86. The average Bonchev–Trinajstić information content (AvgIpc) is 2.48. The van der Waals surface area contributed by atoms with Gasteiger partial charge in [0.2, 0.25) is 0 Å². The van der Waals surface area contributed by atoms with Crippen molar-refractivity contribution in [2.24, 2.45) is 0 Å². The molecule has 0 radical (unpaired) electrons. The van der Waals surface area contributed by atoms with Crippen LogP contribution in [0.25, 0.3) is 0 Å². The van der Waals surface area contributed by atoms with Crippen LogP contribution in [0.5, 0.6) is 0 Å². The first-order valence-electron chi connectivity index (χ1n) is 6.59. The molecular weight excluding hydrogens is 368 g/mol. The minimum Gasteiger partial charge on any atom is -0.337 e. The van der Waals surface area contributed by atoms with Crippen molar-refractivity contribution in [1.29, 1.82) is 0 Å². The molecule has 0 unspecified atom stereocenters. The van der Waals surface area contributed by atoms with Crippen molar-refractivity contribution in [2.45, 2.75) is 12.7 Å². The monoisotopic (exact) mass is 378 g/mol.